The number of carboxylic acid groups (broad SMARTS) is 1. The second-order valence-corrected chi connectivity index (χ2v) is 6.39. The quantitative estimate of drug-likeness (QED) is 0.638. The molecule has 114 valence electrons. The fourth-order valence-corrected chi connectivity index (χ4v) is 2.85. The zero-order valence-electron chi connectivity index (χ0n) is 12.4. The minimum Gasteiger partial charge on any atom is -0.480 e. The zero-order valence-corrected chi connectivity index (χ0v) is 12.4. The SMILES string of the molecule is CCC(C)[C@H](NC(=O)NCC(C1CC1)C1CC1)C(=O)O. The van der Waals surface area contributed by atoms with Crippen LogP contribution in [0.25, 0.3) is 0 Å². The van der Waals surface area contributed by atoms with Crippen molar-refractivity contribution in [1.29, 1.82) is 0 Å². The van der Waals surface area contributed by atoms with Crippen molar-refractivity contribution in [3.63, 3.8) is 0 Å². The molecule has 0 aromatic carbocycles. The molecule has 0 radical (unpaired) electrons. The Morgan fingerprint density at radius 3 is 2.15 bits per heavy atom. The lowest BCUT2D eigenvalue weighted by atomic mass is 9.98. The summed E-state index contributed by atoms with van der Waals surface area (Å²) in [6.07, 6.45) is 5.87. The first-order chi connectivity index (χ1) is 9.52. The Morgan fingerprint density at radius 1 is 1.20 bits per heavy atom. The molecule has 2 saturated carbocycles. The van der Waals surface area contributed by atoms with Gasteiger partial charge in [0.15, 0.2) is 0 Å². The predicted octanol–water partition coefficient (Wildman–Crippen LogP) is 2.22. The van der Waals surface area contributed by atoms with E-state index in [1.165, 1.54) is 25.7 Å². The van der Waals surface area contributed by atoms with E-state index in [1.54, 1.807) is 0 Å². The van der Waals surface area contributed by atoms with Crippen LogP contribution in [0.5, 0.6) is 0 Å². The van der Waals surface area contributed by atoms with Crippen LogP contribution in [0.4, 0.5) is 4.79 Å². The molecule has 5 heteroatoms. The molecule has 0 aliphatic heterocycles. The van der Waals surface area contributed by atoms with Crippen molar-refractivity contribution in [1.82, 2.24) is 10.6 Å². The maximum atomic E-state index is 11.9. The maximum Gasteiger partial charge on any atom is 0.326 e. The summed E-state index contributed by atoms with van der Waals surface area (Å²) < 4.78 is 0. The van der Waals surface area contributed by atoms with Crippen molar-refractivity contribution in [3.05, 3.63) is 0 Å². The molecular formula is C15H26N2O3. The fraction of sp³-hybridized carbons (Fsp3) is 0.867. The molecule has 3 N–H and O–H groups in total. The third kappa shape index (κ3) is 4.12. The molecule has 2 atom stereocenters. The Bertz CT molecular complexity index is 352. The first kappa shape index (κ1) is 15.1. The molecule has 2 aliphatic rings. The number of rotatable bonds is 8. The van der Waals surface area contributed by atoms with E-state index in [0.29, 0.717) is 12.5 Å². The molecule has 0 spiro atoms. The Morgan fingerprint density at radius 2 is 1.75 bits per heavy atom. The van der Waals surface area contributed by atoms with Gasteiger partial charge in [0.25, 0.3) is 0 Å². The molecule has 5 nitrogen and oxygen atoms in total. The lowest BCUT2D eigenvalue weighted by Crippen LogP contribution is -2.50. The molecule has 20 heavy (non-hydrogen) atoms. The Balaban J connectivity index is 1.76. The van der Waals surface area contributed by atoms with Crippen LogP contribution in [0.15, 0.2) is 0 Å². The second kappa shape index (κ2) is 6.46. The lowest BCUT2D eigenvalue weighted by Gasteiger charge is -2.22. The third-order valence-electron chi connectivity index (χ3n) is 4.72. The highest BCUT2D eigenvalue weighted by Gasteiger charge is 2.41. The van der Waals surface area contributed by atoms with Crippen LogP contribution in [-0.4, -0.2) is 29.7 Å². The van der Waals surface area contributed by atoms with E-state index in [2.05, 4.69) is 10.6 Å². The van der Waals surface area contributed by atoms with Crippen LogP contribution in [0.3, 0.4) is 0 Å². The minimum absolute atomic E-state index is 0.0686. The van der Waals surface area contributed by atoms with Gasteiger partial charge in [0.1, 0.15) is 6.04 Å². The molecule has 0 aromatic rings. The van der Waals surface area contributed by atoms with Crippen molar-refractivity contribution in [2.24, 2.45) is 23.7 Å². The summed E-state index contributed by atoms with van der Waals surface area (Å²) in [5.74, 6) is 1.14. The molecular weight excluding hydrogens is 256 g/mol. The average Bonchev–Trinajstić information content (AvgIpc) is 3.26. The van der Waals surface area contributed by atoms with Crippen LogP contribution in [0.1, 0.15) is 46.0 Å². The summed E-state index contributed by atoms with van der Waals surface area (Å²) in [5.41, 5.74) is 0. The van der Waals surface area contributed by atoms with Gasteiger partial charge in [-0.25, -0.2) is 9.59 Å². The van der Waals surface area contributed by atoms with Gasteiger partial charge in [-0.3, -0.25) is 0 Å². The van der Waals surface area contributed by atoms with E-state index < -0.39 is 12.0 Å². The molecule has 2 fully saturated rings. The lowest BCUT2D eigenvalue weighted by molar-refractivity contribution is -0.140. The number of carbonyl (C=O) groups is 2. The number of hydrogen-bond donors (Lipinski definition) is 3. The molecule has 0 saturated heterocycles. The topological polar surface area (TPSA) is 78.4 Å². The summed E-state index contributed by atoms with van der Waals surface area (Å²) in [6.45, 7) is 4.46. The highest BCUT2D eigenvalue weighted by molar-refractivity contribution is 5.82. The highest BCUT2D eigenvalue weighted by Crippen LogP contribution is 2.48. The van der Waals surface area contributed by atoms with E-state index in [1.807, 2.05) is 13.8 Å². The van der Waals surface area contributed by atoms with Gasteiger partial charge in [-0.1, -0.05) is 20.3 Å². The smallest absolute Gasteiger partial charge is 0.326 e. The molecule has 0 aromatic heterocycles. The summed E-state index contributed by atoms with van der Waals surface area (Å²) in [4.78, 5) is 23.1. The summed E-state index contributed by atoms with van der Waals surface area (Å²) in [7, 11) is 0. The zero-order chi connectivity index (χ0) is 14.7. The van der Waals surface area contributed by atoms with Gasteiger partial charge in [-0.2, -0.15) is 0 Å². The standard InChI is InChI=1S/C15H26N2O3/c1-3-9(2)13(14(18)19)17-15(20)16-8-12(10-4-5-10)11-6-7-11/h9-13H,3-8H2,1-2H3,(H,18,19)(H2,16,17,20)/t9?,13-/m0/s1. The van der Waals surface area contributed by atoms with E-state index in [-0.39, 0.29) is 11.9 Å². The van der Waals surface area contributed by atoms with Gasteiger partial charge < -0.3 is 15.7 Å². The van der Waals surface area contributed by atoms with Gasteiger partial charge >= 0.3 is 12.0 Å². The monoisotopic (exact) mass is 282 g/mol. The van der Waals surface area contributed by atoms with Gasteiger partial charge in [0.2, 0.25) is 0 Å². The summed E-state index contributed by atoms with van der Waals surface area (Å²) in [5, 5.41) is 14.6. The fourth-order valence-electron chi connectivity index (χ4n) is 2.85. The van der Waals surface area contributed by atoms with Crippen molar-refractivity contribution >= 4 is 12.0 Å². The van der Waals surface area contributed by atoms with Crippen LogP contribution >= 0.6 is 0 Å². The first-order valence-electron chi connectivity index (χ1n) is 7.80. The van der Waals surface area contributed by atoms with Gasteiger partial charge in [-0.05, 0) is 49.4 Å². The number of amides is 2. The van der Waals surface area contributed by atoms with Gasteiger partial charge in [-0.15, -0.1) is 0 Å². The average molecular weight is 282 g/mol. The molecule has 0 heterocycles. The van der Waals surface area contributed by atoms with E-state index in [4.69, 9.17) is 5.11 Å². The molecule has 1 unspecified atom stereocenters. The van der Waals surface area contributed by atoms with Crippen molar-refractivity contribution in [2.45, 2.75) is 52.0 Å². The molecule has 2 amide bonds. The van der Waals surface area contributed by atoms with Gasteiger partial charge in [0.05, 0.1) is 0 Å². The third-order valence-corrected chi connectivity index (χ3v) is 4.72. The van der Waals surface area contributed by atoms with E-state index >= 15 is 0 Å². The minimum atomic E-state index is -0.963. The summed E-state index contributed by atoms with van der Waals surface area (Å²) in [6, 6.07) is -1.15. The predicted molar refractivity (Wildman–Crippen MR) is 76.4 cm³/mol. The number of nitrogens with one attached hydrogen (secondary N) is 2. The van der Waals surface area contributed by atoms with Crippen molar-refractivity contribution in [3.8, 4) is 0 Å². The molecule has 0 bridgehead atoms. The van der Waals surface area contributed by atoms with Gasteiger partial charge in [0, 0.05) is 6.54 Å². The number of carboxylic acids is 1. The normalized spacial score (nSPS) is 21.4. The largest absolute Gasteiger partial charge is 0.480 e. The van der Waals surface area contributed by atoms with E-state index in [0.717, 1.165) is 18.3 Å². The first-order valence-corrected chi connectivity index (χ1v) is 7.80. The van der Waals surface area contributed by atoms with Crippen LogP contribution < -0.4 is 10.6 Å². The Hall–Kier alpha value is -1.26. The van der Waals surface area contributed by atoms with Crippen LogP contribution in [0, 0.1) is 23.7 Å². The van der Waals surface area contributed by atoms with Crippen LogP contribution in [0.2, 0.25) is 0 Å². The van der Waals surface area contributed by atoms with E-state index in [9.17, 15) is 9.59 Å². The number of urea groups is 1. The number of hydrogen-bond acceptors (Lipinski definition) is 2. The van der Waals surface area contributed by atoms with Crippen molar-refractivity contribution in [2.75, 3.05) is 6.54 Å². The molecule has 2 aliphatic carbocycles. The maximum absolute atomic E-state index is 11.9. The van der Waals surface area contributed by atoms with Crippen molar-refractivity contribution < 1.29 is 14.7 Å². The number of carbonyl (C=O) groups excluding carboxylic acids is 1. The highest BCUT2D eigenvalue weighted by atomic mass is 16.4. The Labute approximate surface area is 120 Å². The summed E-state index contributed by atoms with van der Waals surface area (Å²) >= 11 is 0. The Kier molecular flexibility index (Phi) is 4.89. The number of aliphatic carboxylic acids is 1. The van der Waals surface area contributed by atoms with Crippen LogP contribution in [-0.2, 0) is 4.79 Å². The molecule has 2 rings (SSSR count). The second-order valence-electron chi connectivity index (χ2n) is 6.39.